The SMILES string of the molecule is Cc1cc2cc(-c3cnc(NC(=O)C4CC4c4ccccn4)s3)ccc2nn1. The van der Waals surface area contributed by atoms with Crippen LogP contribution < -0.4 is 5.32 Å². The predicted molar refractivity (Wildman–Crippen MR) is 109 cm³/mol. The molecule has 2 atom stereocenters. The summed E-state index contributed by atoms with van der Waals surface area (Å²) in [6.45, 7) is 1.93. The van der Waals surface area contributed by atoms with Gasteiger partial charge in [0, 0.05) is 35.3 Å². The summed E-state index contributed by atoms with van der Waals surface area (Å²) in [6, 6.07) is 13.9. The Labute approximate surface area is 165 Å². The summed E-state index contributed by atoms with van der Waals surface area (Å²) in [5.74, 6) is 0.205. The molecule has 3 heterocycles. The van der Waals surface area contributed by atoms with E-state index in [9.17, 15) is 4.79 Å². The van der Waals surface area contributed by atoms with Gasteiger partial charge in [-0.1, -0.05) is 23.5 Å². The molecular weight excluding hydrogens is 370 g/mol. The van der Waals surface area contributed by atoms with E-state index in [0.717, 1.165) is 39.2 Å². The highest BCUT2D eigenvalue weighted by atomic mass is 32.1. The molecule has 1 aromatic carbocycles. The third kappa shape index (κ3) is 3.25. The van der Waals surface area contributed by atoms with Crippen LogP contribution in [-0.4, -0.2) is 26.1 Å². The van der Waals surface area contributed by atoms with Gasteiger partial charge in [0.1, 0.15) is 0 Å². The van der Waals surface area contributed by atoms with Crippen molar-refractivity contribution in [3.8, 4) is 10.4 Å². The normalized spacial score (nSPS) is 18.2. The van der Waals surface area contributed by atoms with Crippen molar-refractivity contribution in [2.24, 2.45) is 5.92 Å². The van der Waals surface area contributed by atoms with Crippen LogP contribution in [-0.2, 0) is 4.79 Å². The number of benzene rings is 1. The fraction of sp³-hybridized carbons (Fsp3) is 0.190. The summed E-state index contributed by atoms with van der Waals surface area (Å²) >= 11 is 1.47. The average Bonchev–Trinajstić information content (AvgIpc) is 3.40. The minimum Gasteiger partial charge on any atom is -0.302 e. The van der Waals surface area contributed by atoms with Gasteiger partial charge < -0.3 is 5.32 Å². The zero-order valence-corrected chi connectivity index (χ0v) is 16.0. The van der Waals surface area contributed by atoms with Gasteiger partial charge in [0.15, 0.2) is 5.13 Å². The molecule has 1 N–H and O–H groups in total. The van der Waals surface area contributed by atoms with Crippen molar-refractivity contribution in [3.63, 3.8) is 0 Å². The van der Waals surface area contributed by atoms with Gasteiger partial charge >= 0.3 is 0 Å². The number of nitrogens with zero attached hydrogens (tertiary/aromatic N) is 4. The maximum absolute atomic E-state index is 12.5. The second kappa shape index (κ2) is 6.76. The molecular formula is C21H17N5OS. The van der Waals surface area contributed by atoms with Crippen molar-refractivity contribution in [1.29, 1.82) is 0 Å². The van der Waals surface area contributed by atoms with Crippen molar-refractivity contribution in [2.75, 3.05) is 5.32 Å². The molecule has 1 amide bonds. The van der Waals surface area contributed by atoms with Gasteiger partial charge in [-0.05, 0) is 49.2 Å². The number of anilines is 1. The molecule has 1 aliphatic rings. The Morgan fingerprint density at radius 3 is 2.93 bits per heavy atom. The van der Waals surface area contributed by atoms with Crippen LogP contribution in [0.4, 0.5) is 5.13 Å². The fourth-order valence-corrected chi connectivity index (χ4v) is 4.19. The highest BCUT2D eigenvalue weighted by Crippen LogP contribution is 2.47. The molecule has 4 aromatic rings. The number of hydrogen-bond donors (Lipinski definition) is 1. The number of aromatic nitrogens is 4. The lowest BCUT2D eigenvalue weighted by molar-refractivity contribution is -0.117. The molecule has 138 valence electrons. The Bertz CT molecular complexity index is 1170. The molecule has 5 rings (SSSR count). The van der Waals surface area contributed by atoms with Crippen LogP contribution >= 0.6 is 11.3 Å². The molecule has 7 heteroatoms. The lowest BCUT2D eigenvalue weighted by Crippen LogP contribution is -2.14. The van der Waals surface area contributed by atoms with E-state index < -0.39 is 0 Å². The first-order valence-electron chi connectivity index (χ1n) is 9.09. The Morgan fingerprint density at radius 2 is 2.07 bits per heavy atom. The molecule has 0 saturated heterocycles. The quantitative estimate of drug-likeness (QED) is 0.568. The molecule has 2 unspecified atom stereocenters. The first-order valence-corrected chi connectivity index (χ1v) is 9.91. The summed E-state index contributed by atoms with van der Waals surface area (Å²) in [4.78, 5) is 22.3. The number of hydrogen-bond acceptors (Lipinski definition) is 6. The molecule has 0 aliphatic heterocycles. The molecule has 1 aliphatic carbocycles. The van der Waals surface area contributed by atoms with Gasteiger partial charge in [-0.25, -0.2) is 4.98 Å². The Kier molecular flexibility index (Phi) is 4.09. The average molecular weight is 387 g/mol. The first kappa shape index (κ1) is 16.9. The minimum atomic E-state index is -0.0236. The Balaban J connectivity index is 1.31. The van der Waals surface area contributed by atoms with Crippen molar-refractivity contribution in [1.82, 2.24) is 20.2 Å². The van der Waals surface area contributed by atoms with Crippen LogP contribution in [0.5, 0.6) is 0 Å². The number of rotatable bonds is 4. The maximum Gasteiger partial charge on any atom is 0.229 e. The van der Waals surface area contributed by atoms with Gasteiger partial charge in [-0.2, -0.15) is 10.2 Å². The highest BCUT2D eigenvalue weighted by Gasteiger charge is 2.45. The summed E-state index contributed by atoms with van der Waals surface area (Å²) in [5, 5.41) is 12.9. The predicted octanol–water partition coefficient (Wildman–Crippen LogP) is 4.20. The van der Waals surface area contributed by atoms with E-state index in [-0.39, 0.29) is 17.7 Å². The molecule has 1 saturated carbocycles. The van der Waals surface area contributed by atoms with E-state index in [1.165, 1.54) is 11.3 Å². The van der Waals surface area contributed by atoms with E-state index in [4.69, 9.17) is 0 Å². The molecule has 3 aromatic heterocycles. The van der Waals surface area contributed by atoms with Crippen LogP contribution in [0, 0.1) is 12.8 Å². The topological polar surface area (TPSA) is 80.7 Å². The van der Waals surface area contributed by atoms with Crippen molar-refractivity contribution in [2.45, 2.75) is 19.3 Å². The van der Waals surface area contributed by atoms with E-state index in [0.29, 0.717) is 5.13 Å². The summed E-state index contributed by atoms with van der Waals surface area (Å²) < 4.78 is 0. The van der Waals surface area contributed by atoms with E-state index in [2.05, 4.69) is 31.5 Å². The lowest BCUT2D eigenvalue weighted by atomic mass is 10.1. The number of thiazole rings is 1. The van der Waals surface area contributed by atoms with Gasteiger partial charge in [-0.15, -0.1) is 0 Å². The van der Waals surface area contributed by atoms with Crippen LogP contribution in [0.15, 0.2) is 54.9 Å². The Morgan fingerprint density at radius 1 is 1.14 bits per heavy atom. The monoisotopic (exact) mass is 387 g/mol. The second-order valence-corrected chi connectivity index (χ2v) is 8.01. The maximum atomic E-state index is 12.5. The smallest absolute Gasteiger partial charge is 0.229 e. The summed E-state index contributed by atoms with van der Waals surface area (Å²) in [7, 11) is 0. The largest absolute Gasteiger partial charge is 0.302 e. The van der Waals surface area contributed by atoms with E-state index in [1.54, 1.807) is 12.4 Å². The zero-order chi connectivity index (χ0) is 19.1. The Hall–Kier alpha value is -3.19. The molecule has 0 spiro atoms. The van der Waals surface area contributed by atoms with Crippen LogP contribution in [0.2, 0.25) is 0 Å². The van der Waals surface area contributed by atoms with Gasteiger partial charge in [0.2, 0.25) is 5.91 Å². The van der Waals surface area contributed by atoms with Crippen molar-refractivity contribution < 1.29 is 4.79 Å². The van der Waals surface area contributed by atoms with E-state index >= 15 is 0 Å². The standard InChI is InChI=1S/C21H17N5OS/c1-12-8-14-9-13(5-6-17(14)26-25-12)19-11-23-21(28-19)24-20(27)16-10-15(16)18-4-2-3-7-22-18/h2-9,11,15-16H,10H2,1H3,(H,23,24,27). The minimum absolute atomic E-state index is 0.0148. The number of nitrogens with one attached hydrogen (secondary N) is 1. The van der Waals surface area contributed by atoms with Crippen LogP contribution in [0.3, 0.4) is 0 Å². The molecule has 0 radical (unpaired) electrons. The highest BCUT2D eigenvalue weighted by molar-refractivity contribution is 7.19. The third-order valence-corrected chi connectivity index (χ3v) is 5.88. The van der Waals surface area contributed by atoms with Crippen molar-refractivity contribution >= 4 is 33.3 Å². The van der Waals surface area contributed by atoms with Crippen LogP contribution in [0.25, 0.3) is 21.3 Å². The first-order chi connectivity index (χ1) is 13.7. The van der Waals surface area contributed by atoms with Crippen molar-refractivity contribution in [3.05, 3.63) is 66.2 Å². The molecule has 0 bridgehead atoms. The number of aryl methyl sites for hydroxylation is 1. The number of pyridine rings is 1. The number of fused-ring (bicyclic) bond motifs is 1. The summed E-state index contributed by atoms with van der Waals surface area (Å²) in [6.07, 6.45) is 4.41. The fourth-order valence-electron chi connectivity index (χ4n) is 3.37. The third-order valence-electron chi connectivity index (χ3n) is 4.92. The second-order valence-electron chi connectivity index (χ2n) is 6.98. The molecule has 6 nitrogen and oxygen atoms in total. The number of amides is 1. The molecule has 28 heavy (non-hydrogen) atoms. The molecule has 1 fully saturated rings. The summed E-state index contributed by atoms with van der Waals surface area (Å²) in [5.41, 5.74) is 3.78. The number of carbonyl (C=O) groups excluding carboxylic acids is 1. The van der Waals surface area contributed by atoms with E-state index in [1.807, 2.05) is 43.3 Å². The van der Waals surface area contributed by atoms with Gasteiger partial charge in [0.05, 0.1) is 16.1 Å². The number of carbonyl (C=O) groups is 1. The van der Waals surface area contributed by atoms with Crippen LogP contribution in [0.1, 0.15) is 23.7 Å². The lowest BCUT2D eigenvalue weighted by Gasteiger charge is -2.02. The zero-order valence-electron chi connectivity index (χ0n) is 15.2. The van der Waals surface area contributed by atoms with Gasteiger partial charge in [-0.3, -0.25) is 9.78 Å². The van der Waals surface area contributed by atoms with Gasteiger partial charge in [0.25, 0.3) is 0 Å².